The molecule has 104 valence electrons. The largest absolute Gasteiger partial charge is 0.479 e. The highest BCUT2D eigenvalue weighted by Crippen LogP contribution is 2.24. The molecular weight excluding hydrogens is 238 g/mol. The van der Waals surface area contributed by atoms with Gasteiger partial charge in [-0.2, -0.15) is 0 Å². The van der Waals surface area contributed by atoms with Crippen LogP contribution in [0.25, 0.3) is 0 Å². The lowest BCUT2D eigenvalue weighted by Crippen LogP contribution is -2.44. The maximum absolute atomic E-state index is 11.4. The minimum absolute atomic E-state index is 0.0455. The number of hydrogen-bond acceptors (Lipinski definition) is 4. The molecule has 0 radical (unpaired) electrons. The van der Waals surface area contributed by atoms with Gasteiger partial charge in [0.1, 0.15) is 0 Å². The molecule has 1 unspecified atom stereocenters. The summed E-state index contributed by atoms with van der Waals surface area (Å²) < 4.78 is 4.69. The van der Waals surface area contributed by atoms with Crippen molar-refractivity contribution in [3.63, 3.8) is 0 Å². The van der Waals surface area contributed by atoms with Crippen LogP contribution in [0.5, 0.6) is 0 Å². The summed E-state index contributed by atoms with van der Waals surface area (Å²) in [5, 5.41) is 13.8. The molecule has 18 heavy (non-hydrogen) atoms. The van der Waals surface area contributed by atoms with E-state index in [2.05, 4.69) is 15.5 Å². The lowest BCUT2D eigenvalue weighted by molar-refractivity contribution is -0.147. The summed E-state index contributed by atoms with van der Waals surface area (Å²) in [7, 11) is 3.33. The van der Waals surface area contributed by atoms with Gasteiger partial charge in [-0.3, -0.25) is 0 Å². The Morgan fingerprint density at radius 3 is 2.61 bits per heavy atom. The molecule has 0 aromatic rings. The molecule has 0 aromatic carbocycles. The van der Waals surface area contributed by atoms with E-state index in [1.54, 1.807) is 0 Å². The monoisotopic (exact) mass is 259 g/mol. The minimum Gasteiger partial charge on any atom is -0.479 e. The van der Waals surface area contributed by atoms with Gasteiger partial charge in [0.15, 0.2) is 6.10 Å². The van der Waals surface area contributed by atoms with E-state index in [-0.39, 0.29) is 12.6 Å². The number of urea groups is 1. The first-order chi connectivity index (χ1) is 8.54. The molecule has 0 aromatic heterocycles. The van der Waals surface area contributed by atoms with Crippen LogP contribution in [0.4, 0.5) is 4.79 Å². The smallest absolute Gasteiger partial charge is 0.334 e. The fourth-order valence-electron chi connectivity index (χ4n) is 1.56. The molecule has 7 heteroatoms. The summed E-state index contributed by atoms with van der Waals surface area (Å²) >= 11 is 0. The molecule has 1 saturated carbocycles. The number of rotatable bonds is 8. The summed E-state index contributed by atoms with van der Waals surface area (Å²) in [6.45, 7) is 1.30. The molecule has 1 aliphatic carbocycles. The highest BCUT2D eigenvalue weighted by molar-refractivity contribution is 5.76. The molecule has 0 bridgehead atoms. The van der Waals surface area contributed by atoms with Crippen LogP contribution in [-0.4, -0.2) is 67.9 Å². The number of likely N-dealkylation sites (N-methyl/N-ethyl adjacent to an activating group) is 1. The molecule has 0 heterocycles. The number of carbonyl (C=O) groups is 2. The predicted molar refractivity (Wildman–Crippen MR) is 65.5 cm³/mol. The number of methoxy groups -OCH3 is 1. The van der Waals surface area contributed by atoms with E-state index in [4.69, 9.17) is 9.84 Å². The Labute approximate surface area is 106 Å². The number of amides is 2. The Morgan fingerprint density at radius 2 is 2.11 bits per heavy atom. The van der Waals surface area contributed by atoms with Gasteiger partial charge in [-0.25, -0.2) is 9.59 Å². The number of ether oxygens (including phenoxy) is 1. The lowest BCUT2D eigenvalue weighted by Gasteiger charge is -2.16. The maximum Gasteiger partial charge on any atom is 0.334 e. The fourth-order valence-corrected chi connectivity index (χ4v) is 1.56. The van der Waals surface area contributed by atoms with Crippen LogP contribution in [0.1, 0.15) is 12.8 Å². The molecule has 1 aliphatic rings. The molecule has 1 fully saturated rings. The van der Waals surface area contributed by atoms with Gasteiger partial charge in [0, 0.05) is 26.2 Å². The molecule has 7 nitrogen and oxygen atoms in total. The molecule has 0 spiro atoms. The van der Waals surface area contributed by atoms with Crippen molar-refractivity contribution in [2.45, 2.75) is 25.0 Å². The average Bonchev–Trinajstić information content (AvgIpc) is 3.13. The van der Waals surface area contributed by atoms with Crippen LogP contribution in [0.3, 0.4) is 0 Å². The second-order valence-corrected chi connectivity index (χ2v) is 4.41. The summed E-state index contributed by atoms with van der Waals surface area (Å²) in [4.78, 5) is 24.2. The van der Waals surface area contributed by atoms with Crippen molar-refractivity contribution in [2.24, 2.45) is 0 Å². The molecule has 2 amide bonds. The van der Waals surface area contributed by atoms with Crippen LogP contribution < -0.4 is 10.6 Å². The van der Waals surface area contributed by atoms with Crippen LogP contribution >= 0.6 is 0 Å². The highest BCUT2D eigenvalue weighted by Gasteiger charge is 2.25. The van der Waals surface area contributed by atoms with E-state index in [1.165, 1.54) is 20.0 Å². The summed E-state index contributed by atoms with van der Waals surface area (Å²) in [6, 6.07) is 0.294. The van der Waals surface area contributed by atoms with Crippen molar-refractivity contribution >= 4 is 12.0 Å². The number of nitrogens with zero attached hydrogens (tertiary/aromatic N) is 1. The van der Waals surface area contributed by atoms with Gasteiger partial charge in [-0.05, 0) is 19.9 Å². The van der Waals surface area contributed by atoms with Crippen molar-refractivity contribution in [1.29, 1.82) is 0 Å². The first-order valence-electron chi connectivity index (χ1n) is 6.02. The zero-order chi connectivity index (χ0) is 13.5. The highest BCUT2D eigenvalue weighted by atomic mass is 16.5. The zero-order valence-corrected chi connectivity index (χ0v) is 10.8. The molecule has 0 saturated heterocycles. The van der Waals surface area contributed by atoms with Crippen molar-refractivity contribution in [3.05, 3.63) is 0 Å². The Hall–Kier alpha value is -1.34. The van der Waals surface area contributed by atoms with Gasteiger partial charge < -0.3 is 25.4 Å². The van der Waals surface area contributed by atoms with E-state index in [0.717, 1.165) is 6.54 Å². The van der Waals surface area contributed by atoms with Crippen LogP contribution in [0.2, 0.25) is 0 Å². The molecule has 0 aliphatic heterocycles. The van der Waals surface area contributed by atoms with Gasteiger partial charge >= 0.3 is 12.0 Å². The van der Waals surface area contributed by atoms with Crippen molar-refractivity contribution in [2.75, 3.05) is 33.8 Å². The zero-order valence-electron chi connectivity index (χ0n) is 10.8. The van der Waals surface area contributed by atoms with E-state index in [0.29, 0.717) is 12.6 Å². The van der Waals surface area contributed by atoms with Crippen LogP contribution in [0, 0.1) is 0 Å². The SMILES string of the molecule is COC(CNC(=O)NCCN(C)C1CC1)C(=O)O. The van der Waals surface area contributed by atoms with Crippen molar-refractivity contribution < 1.29 is 19.4 Å². The van der Waals surface area contributed by atoms with Gasteiger partial charge in [0.2, 0.25) is 0 Å². The summed E-state index contributed by atoms with van der Waals surface area (Å²) in [6.07, 6.45) is 1.46. The summed E-state index contributed by atoms with van der Waals surface area (Å²) in [5.41, 5.74) is 0. The maximum atomic E-state index is 11.4. The van der Waals surface area contributed by atoms with Crippen molar-refractivity contribution in [3.8, 4) is 0 Å². The van der Waals surface area contributed by atoms with E-state index in [1.807, 2.05) is 7.05 Å². The van der Waals surface area contributed by atoms with Gasteiger partial charge in [-0.1, -0.05) is 0 Å². The van der Waals surface area contributed by atoms with E-state index in [9.17, 15) is 9.59 Å². The number of carboxylic acid groups (broad SMARTS) is 1. The number of aliphatic carboxylic acids is 1. The normalized spacial score (nSPS) is 16.4. The number of nitrogens with one attached hydrogen (secondary N) is 2. The molecule has 3 N–H and O–H groups in total. The third-order valence-electron chi connectivity index (χ3n) is 2.93. The topological polar surface area (TPSA) is 90.9 Å². The Morgan fingerprint density at radius 1 is 1.44 bits per heavy atom. The first-order valence-corrected chi connectivity index (χ1v) is 6.02. The minimum atomic E-state index is -1.09. The van der Waals surface area contributed by atoms with Gasteiger partial charge in [-0.15, -0.1) is 0 Å². The standard InChI is InChI=1S/C11H21N3O4/c1-14(8-3-4-8)6-5-12-11(17)13-7-9(18-2)10(15)16/h8-9H,3-7H2,1-2H3,(H,15,16)(H2,12,13,17). The molecule has 1 atom stereocenters. The van der Waals surface area contributed by atoms with Crippen LogP contribution in [0.15, 0.2) is 0 Å². The Kier molecular flexibility index (Phi) is 5.87. The molecular formula is C11H21N3O4. The third kappa shape index (κ3) is 5.33. The van der Waals surface area contributed by atoms with Gasteiger partial charge in [0.25, 0.3) is 0 Å². The van der Waals surface area contributed by atoms with Crippen LogP contribution in [-0.2, 0) is 9.53 Å². The lowest BCUT2D eigenvalue weighted by atomic mass is 10.3. The van der Waals surface area contributed by atoms with Gasteiger partial charge in [0.05, 0.1) is 6.54 Å². The number of hydrogen-bond donors (Lipinski definition) is 3. The predicted octanol–water partition coefficient (Wildman–Crippen LogP) is -0.521. The Bertz CT molecular complexity index is 294. The van der Waals surface area contributed by atoms with E-state index >= 15 is 0 Å². The van der Waals surface area contributed by atoms with E-state index < -0.39 is 12.1 Å². The number of carbonyl (C=O) groups excluding carboxylic acids is 1. The number of carboxylic acids is 1. The summed E-state index contributed by atoms with van der Waals surface area (Å²) in [5.74, 6) is -1.09. The van der Waals surface area contributed by atoms with Crippen molar-refractivity contribution in [1.82, 2.24) is 15.5 Å². The average molecular weight is 259 g/mol. The Balaban J connectivity index is 2.07. The molecule has 1 rings (SSSR count). The second-order valence-electron chi connectivity index (χ2n) is 4.41. The first kappa shape index (κ1) is 14.7. The fraction of sp³-hybridized carbons (Fsp3) is 0.818. The quantitative estimate of drug-likeness (QED) is 0.545. The second kappa shape index (κ2) is 7.17. The third-order valence-corrected chi connectivity index (χ3v) is 2.93.